The molecule has 0 unspecified atom stereocenters. The summed E-state index contributed by atoms with van der Waals surface area (Å²) >= 11 is 0. The van der Waals surface area contributed by atoms with Crippen LogP contribution in [0.1, 0.15) is 39.5 Å². The number of unbranched alkanes of at least 4 members (excludes halogenated alkanes) is 1. The van der Waals surface area contributed by atoms with Gasteiger partial charge in [0.2, 0.25) is 0 Å². The first-order valence-electron chi connectivity index (χ1n) is 6.03. The molecule has 1 N–H and O–H groups in total. The van der Waals surface area contributed by atoms with Crippen molar-refractivity contribution in [3.8, 4) is 0 Å². The molecule has 0 rings (SSSR count). The van der Waals surface area contributed by atoms with Crippen LogP contribution in [0.15, 0.2) is 24.3 Å². The van der Waals surface area contributed by atoms with Gasteiger partial charge in [0.25, 0.3) is 0 Å². The van der Waals surface area contributed by atoms with Crippen molar-refractivity contribution in [2.45, 2.75) is 39.5 Å². The molecule has 0 saturated carbocycles. The summed E-state index contributed by atoms with van der Waals surface area (Å²) in [5.74, 6) is -0.728. The second-order valence-electron chi connectivity index (χ2n) is 4.70. The lowest BCUT2D eigenvalue weighted by Gasteiger charge is -2.17. The number of hydrogen-bond donors (Lipinski definition) is 1. The summed E-state index contributed by atoms with van der Waals surface area (Å²) in [4.78, 5) is 10.8. The predicted octanol–water partition coefficient (Wildman–Crippen LogP) is 3.42. The fourth-order valence-electron chi connectivity index (χ4n) is 1.26. The highest BCUT2D eigenvalue weighted by Crippen LogP contribution is 2.22. The van der Waals surface area contributed by atoms with Crippen molar-refractivity contribution in [3.05, 3.63) is 24.3 Å². The molecule has 0 radical (unpaired) electrons. The average Bonchev–Trinajstić information content (AvgIpc) is 2.26. The summed E-state index contributed by atoms with van der Waals surface area (Å²) < 4.78 is 4.89. The van der Waals surface area contributed by atoms with Crippen LogP contribution in [0.4, 0.5) is 0 Å². The Hall–Kier alpha value is -1.09. The number of allylic oxidation sites excluding steroid dienone is 3. The van der Waals surface area contributed by atoms with E-state index in [9.17, 15) is 4.79 Å². The van der Waals surface area contributed by atoms with Gasteiger partial charge in [-0.05, 0) is 39.5 Å². The summed E-state index contributed by atoms with van der Waals surface area (Å²) in [6.45, 7) is 4.18. The molecule has 0 aliphatic heterocycles. The van der Waals surface area contributed by atoms with Crippen LogP contribution >= 0.6 is 0 Å². The van der Waals surface area contributed by atoms with Crippen molar-refractivity contribution in [1.82, 2.24) is 0 Å². The molecule has 17 heavy (non-hydrogen) atoms. The zero-order chi connectivity index (χ0) is 13.1. The molecular weight excluding hydrogens is 216 g/mol. The van der Waals surface area contributed by atoms with Gasteiger partial charge in [-0.2, -0.15) is 0 Å². The first kappa shape index (κ1) is 15.9. The quantitative estimate of drug-likeness (QED) is 0.496. The van der Waals surface area contributed by atoms with Crippen molar-refractivity contribution in [2.24, 2.45) is 5.41 Å². The minimum absolute atomic E-state index is 0.622. The van der Waals surface area contributed by atoms with E-state index in [2.05, 4.69) is 18.2 Å². The normalized spacial score (nSPS) is 12.6. The van der Waals surface area contributed by atoms with Gasteiger partial charge >= 0.3 is 5.97 Å². The number of carboxylic acids is 1. The number of carboxylic acid groups (broad SMARTS) is 1. The van der Waals surface area contributed by atoms with Crippen LogP contribution in [0.2, 0.25) is 0 Å². The highest BCUT2D eigenvalue weighted by molar-refractivity contribution is 5.73. The topological polar surface area (TPSA) is 46.5 Å². The molecule has 0 spiro atoms. The molecule has 3 nitrogen and oxygen atoms in total. The van der Waals surface area contributed by atoms with Gasteiger partial charge in [-0.1, -0.05) is 24.3 Å². The molecule has 0 aromatic rings. The molecule has 0 fully saturated rings. The first-order chi connectivity index (χ1) is 8.00. The summed E-state index contributed by atoms with van der Waals surface area (Å²) in [6, 6.07) is 0. The van der Waals surface area contributed by atoms with Crippen LogP contribution in [0.5, 0.6) is 0 Å². The Balaban J connectivity index is 3.59. The maximum Gasteiger partial charge on any atom is 0.309 e. The van der Waals surface area contributed by atoms with E-state index in [1.54, 1.807) is 21.0 Å². The van der Waals surface area contributed by atoms with Gasteiger partial charge in [0.15, 0.2) is 0 Å². The molecule has 0 aliphatic carbocycles. The Morgan fingerprint density at radius 3 is 2.18 bits per heavy atom. The van der Waals surface area contributed by atoms with Crippen LogP contribution in [-0.2, 0) is 9.53 Å². The van der Waals surface area contributed by atoms with Gasteiger partial charge in [0, 0.05) is 7.11 Å². The predicted molar refractivity (Wildman–Crippen MR) is 70.0 cm³/mol. The second-order valence-corrected chi connectivity index (χ2v) is 4.70. The third kappa shape index (κ3) is 8.69. The Labute approximate surface area is 104 Å². The molecule has 0 heterocycles. The lowest BCUT2D eigenvalue weighted by atomic mass is 9.88. The van der Waals surface area contributed by atoms with Gasteiger partial charge < -0.3 is 9.84 Å². The van der Waals surface area contributed by atoms with Crippen LogP contribution in [-0.4, -0.2) is 24.8 Å². The van der Waals surface area contributed by atoms with E-state index in [0.717, 1.165) is 19.3 Å². The number of aliphatic carboxylic acids is 1. The number of carbonyl (C=O) groups is 1. The zero-order valence-corrected chi connectivity index (χ0v) is 11.1. The van der Waals surface area contributed by atoms with Crippen LogP contribution in [0.3, 0.4) is 0 Å². The van der Waals surface area contributed by atoms with E-state index in [4.69, 9.17) is 9.84 Å². The number of ether oxygens (including phenoxy) is 1. The van der Waals surface area contributed by atoms with Crippen LogP contribution in [0.25, 0.3) is 0 Å². The lowest BCUT2D eigenvalue weighted by molar-refractivity contribution is -0.147. The van der Waals surface area contributed by atoms with Crippen molar-refractivity contribution >= 4 is 5.97 Å². The molecule has 0 atom stereocenters. The largest absolute Gasteiger partial charge is 0.481 e. The second kappa shape index (κ2) is 8.99. The van der Waals surface area contributed by atoms with E-state index in [0.29, 0.717) is 13.0 Å². The number of hydrogen-bond acceptors (Lipinski definition) is 2. The third-order valence-corrected chi connectivity index (χ3v) is 2.61. The molecule has 0 aromatic carbocycles. The molecule has 0 aliphatic rings. The lowest BCUT2D eigenvalue weighted by Crippen LogP contribution is -2.23. The smallest absolute Gasteiger partial charge is 0.309 e. The van der Waals surface area contributed by atoms with Crippen molar-refractivity contribution in [1.29, 1.82) is 0 Å². The van der Waals surface area contributed by atoms with E-state index < -0.39 is 11.4 Å². The Morgan fingerprint density at radius 1 is 1.12 bits per heavy atom. The molecule has 0 bridgehead atoms. The van der Waals surface area contributed by atoms with Gasteiger partial charge in [0.1, 0.15) is 0 Å². The fourth-order valence-corrected chi connectivity index (χ4v) is 1.26. The summed E-state index contributed by atoms with van der Waals surface area (Å²) in [6.07, 6.45) is 11.8. The number of methoxy groups -OCH3 is 1. The highest BCUT2D eigenvalue weighted by Gasteiger charge is 2.25. The minimum atomic E-state index is -0.728. The monoisotopic (exact) mass is 240 g/mol. The first-order valence-corrected chi connectivity index (χ1v) is 6.03. The molecule has 98 valence electrons. The van der Waals surface area contributed by atoms with Gasteiger partial charge in [-0.3, -0.25) is 4.79 Å². The summed E-state index contributed by atoms with van der Waals surface area (Å²) in [5, 5.41) is 8.92. The average molecular weight is 240 g/mol. The number of rotatable bonds is 9. The molecule has 3 heteroatoms. The van der Waals surface area contributed by atoms with E-state index in [1.807, 2.05) is 6.08 Å². The van der Waals surface area contributed by atoms with Crippen molar-refractivity contribution < 1.29 is 14.6 Å². The van der Waals surface area contributed by atoms with Crippen LogP contribution in [0, 0.1) is 5.41 Å². The van der Waals surface area contributed by atoms with Crippen molar-refractivity contribution in [2.75, 3.05) is 13.7 Å². The maximum absolute atomic E-state index is 10.8. The van der Waals surface area contributed by atoms with E-state index in [-0.39, 0.29) is 0 Å². The fraction of sp³-hybridized carbons (Fsp3) is 0.643. The van der Waals surface area contributed by atoms with Crippen molar-refractivity contribution in [3.63, 3.8) is 0 Å². The SMILES string of the molecule is COCC=CCCC=CCCC(C)(C)C(=O)O. The van der Waals surface area contributed by atoms with E-state index >= 15 is 0 Å². The highest BCUT2D eigenvalue weighted by atomic mass is 16.5. The van der Waals surface area contributed by atoms with Crippen LogP contribution < -0.4 is 0 Å². The zero-order valence-electron chi connectivity index (χ0n) is 11.1. The standard InChI is InChI=1S/C14H24O3/c1-14(2,13(15)16)11-9-7-5-4-6-8-10-12-17-3/h5,7-8,10H,4,6,9,11-12H2,1-3H3,(H,15,16). The Bertz CT molecular complexity index is 265. The van der Waals surface area contributed by atoms with Gasteiger partial charge in [-0.25, -0.2) is 0 Å². The Kier molecular flexibility index (Phi) is 8.42. The molecule has 0 aromatic heterocycles. The van der Waals surface area contributed by atoms with Gasteiger partial charge in [-0.15, -0.1) is 0 Å². The summed E-state index contributed by atoms with van der Waals surface area (Å²) in [7, 11) is 1.68. The summed E-state index contributed by atoms with van der Waals surface area (Å²) in [5.41, 5.74) is -0.622. The maximum atomic E-state index is 10.8. The van der Waals surface area contributed by atoms with Gasteiger partial charge in [0.05, 0.1) is 12.0 Å². The molecule has 0 amide bonds. The minimum Gasteiger partial charge on any atom is -0.481 e. The molecular formula is C14H24O3. The Morgan fingerprint density at radius 2 is 1.65 bits per heavy atom. The third-order valence-electron chi connectivity index (χ3n) is 2.61. The van der Waals surface area contributed by atoms with E-state index in [1.165, 1.54) is 0 Å². The molecule has 0 saturated heterocycles.